The molecule has 0 radical (unpaired) electrons. The van der Waals surface area contributed by atoms with Crippen molar-refractivity contribution in [2.24, 2.45) is 5.14 Å². The van der Waals surface area contributed by atoms with Gasteiger partial charge in [-0.15, -0.1) is 0 Å². The lowest BCUT2D eigenvalue weighted by Crippen LogP contribution is -2.10. The van der Waals surface area contributed by atoms with Gasteiger partial charge in [0.2, 0.25) is 5.09 Å². The summed E-state index contributed by atoms with van der Waals surface area (Å²) < 4.78 is 26.9. The number of sulfonamides is 1. The molecule has 16 heavy (non-hydrogen) atoms. The Balaban J connectivity index is 2.04. The van der Waals surface area contributed by atoms with Crippen LogP contribution < -0.4 is 10.5 Å². The van der Waals surface area contributed by atoms with Gasteiger partial charge in [-0.1, -0.05) is 0 Å². The third-order valence-electron chi connectivity index (χ3n) is 1.88. The SMILES string of the molecule is NS(=O)(=O)c1ccc(CNc2cn[nH]c2)o1. The number of aromatic nitrogens is 2. The van der Waals surface area contributed by atoms with Gasteiger partial charge in [-0.3, -0.25) is 5.10 Å². The Morgan fingerprint density at radius 3 is 2.88 bits per heavy atom. The van der Waals surface area contributed by atoms with Gasteiger partial charge in [-0.25, -0.2) is 13.6 Å². The molecule has 0 fully saturated rings. The topological polar surface area (TPSA) is 114 Å². The molecule has 0 atom stereocenters. The standard InChI is InChI=1S/C8H10N4O3S/c9-16(13,14)8-2-1-7(15-8)5-10-6-3-11-12-4-6/h1-4,10H,5H2,(H,11,12)(H2,9,13,14). The van der Waals surface area contributed by atoms with Crippen LogP contribution in [0.4, 0.5) is 5.69 Å². The van der Waals surface area contributed by atoms with Crippen molar-refractivity contribution in [1.29, 1.82) is 0 Å². The molecule has 0 saturated carbocycles. The zero-order valence-electron chi connectivity index (χ0n) is 8.17. The number of nitrogens with two attached hydrogens (primary N) is 1. The molecule has 0 bridgehead atoms. The number of rotatable bonds is 4. The normalized spacial score (nSPS) is 11.6. The van der Waals surface area contributed by atoms with Crippen molar-refractivity contribution in [2.75, 3.05) is 5.32 Å². The van der Waals surface area contributed by atoms with E-state index < -0.39 is 10.0 Å². The van der Waals surface area contributed by atoms with Gasteiger partial charge in [-0.05, 0) is 12.1 Å². The van der Waals surface area contributed by atoms with Crippen LogP contribution >= 0.6 is 0 Å². The molecule has 2 aromatic heterocycles. The second kappa shape index (κ2) is 3.99. The molecule has 2 rings (SSSR count). The minimum atomic E-state index is -3.77. The summed E-state index contributed by atoms with van der Waals surface area (Å²) in [5, 5.41) is 14.0. The molecule has 0 aliphatic heterocycles. The summed E-state index contributed by atoms with van der Waals surface area (Å²) in [5.74, 6) is 0.477. The monoisotopic (exact) mass is 242 g/mol. The van der Waals surface area contributed by atoms with Crippen molar-refractivity contribution in [3.63, 3.8) is 0 Å². The lowest BCUT2D eigenvalue weighted by Gasteiger charge is -1.99. The maximum Gasteiger partial charge on any atom is 0.271 e. The molecular formula is C8H10N4O3S. The fourth-order valence-corrected chi connectivity index (χ4v) is 1.62. The highest BCUT2D eigenvalue weighted by molar-refractivity contribution is 7.89. The molecule has 0 saturated heterocycles. The van der Waals surface area contributed by atoms with Crippen molar-refractivity contribution in [1.82, 2.24) is 10.2 Å². The maximum absolute atomic E-state index is 10.9. The number of aromatic amines is 1. The van der Waals surface area contributed by atoms with E-state index in [1.165, 1.54) is 6.07 Å². The minimum absolute atomic E-state index is 0.239. The Labute approximate surface area is 91.7 Å². The Morgan fingerprint density at radius 1 is 1.50 bits per heavy atom. The van der Waals surface area contributed by atoms with Gasteiger partial charge in [-0.2, -0.15) is 5.10 Å². The Hall–Kier alpha value is -1.80. The highest BCUT2D eigenvalue weighted by atomic mass is 32.2. The summed E-state index contributed by atoms with van der Waals surface area (Å²) in [7, 11) is -3.77. The molecular weight excluding hydrogens is 232 g/mol. The first-order valence-corrected chi connectivity index (χ1v) is 5.94. The van der Waals surface area contributed by atoms with E-state index in [2.05, 4.69) is 15.5 Å². The largest absolute Gasteiger partial charge is 0.446 e. The van der Waals surface area contributed by atoms with E-state index in [9.17, 15) is 8.42 Å². The molecule has 0 spiro atoms. The molecule has 86 valence electrons. The van der Waals surface area contributed by atoms with Gasteiger partial charge in [0, 0.05) is 6.20 Å². The molecule has 0 amide bonds. The number of hydrogen-bond acceptors (Lipinski definition) is 5. The zero-order valence-corrected chi connectivity index (χ0v) is 8.99. The quantitative estimate of drug-likeness (QED) is 0.711. The first-order chi connectivity index (χ1) is 7.55. The number of primary sulfonamides is 1. The van der Waals surface area contributed by atoms with Crippen LogP contribution in [0.2, 0.25) is 0 Å². The Morgan fingerprint density at radius 2 is 2.31 bits per heavy atom. The molecule has 4 N–H and O–H groups in total. The number of furan rings is 1. The van der Waals surface area contributed by atoms with Gasteiger partial charge in [0.1, 0.15) is 5.76 Å². The summed E-state index contributed by atoms with van der Waals surface area (Å²) >= 11 is 0. The van der Waals surface area contributed by atoms with Crippen molar-refractivity contribution in [2.45, 2.75) is 11.6 Å². The lowest BCUT2D eigenvalue weighted by molar-refractivity contribution is 0.419. The second-order valence-corrected chi connectivity index (χ2v) is 4.60. The number of nitrogens with zero attached hydrogens (tertiary/aromatic N) is 1. The van der Waals surface area contributed by atoms with Crippen molar-refractivity contribution < 1.29 is 12.8 Å². The van der Waals surface area contributed by atoms with Crippen LogP contribution in [0, 0.1) is 0 Å². The molecule has 0 aromatic carbocycles. The van der Waals surface area contributed by atoms with Gasteiger partial charge in [0.05, 0.1) is 18.4 Å². The fourth-order valence-electron chi connectivity index (χ4n) is 1.14. The van der Waals surface area contributed by atoms with Crippen LogP contribution in [-0.4, -0.2) is 18.6 Å². The molecule has 0 aliphatic rings. The first kappa shape index (κ1) is 10.7. The Kier molecular flexibility index (Phi) is 2.67. The van der Waals surface area contributed by atoms with Gasteiger partial charge in [0.15, 0.2) is 0 Å². The average molecular weight is 242 g/mol. The van der Waals surface area contributed by atoms with Crippen LogP contribution in [0.1, 0.15) is 5.76 Å². The number of anilines is 1. The van der Waals surface area contributed by atoms with E-state index in [0.717, 1.165) is 5.69 Å². The highest BCUT2D eigenvalue weighted by Gasteiger charge is 2.12. The van der Waals surface area contributed by atoms with Gasteiger partial charge in [0.25, 0.3) is 10.0 Å². The van der Waals surface area contributed by atoms with E-state index >= 15 is 0 Å². The van der Waals surface area contributed by atoms with E-state index in [1.54, 1.807) is 18.5 Å². The molecule has 8 heteroatoms. The fraction of sp³-hybridized carbons (Fsp3) is 0.125. The van der Waals surface area contributed by atoms with Crippen LogP contribution in [0.5, 0.6) is 0 Å². The predicted octanol–water partition coefficient (Wildman–Crippen LogP) is 0.262. The van der Waals surface area contributed by atoms with E-state index in [-0.39, 0.29) is 5.09 Å². The maximum atomic E-state index is 10.9. The smallest absolute Gasteiger partial charge is 0.271 e. The average Bonchev–Trinajstić information content (AvgIpc) is 2.85. The van der Waals surface area contributed by atoms with E-state index in [0.29, 0.717) is 12.3 Å². The lowest BCUT2D eigenvalue weighted by atomic mass is 10.4. The molecule has 2 heterocycles. The number of hydrogen-bond donors (Lipinski definition) is 3. The number of nitrogens with one attached hydrogen (secondary N) is 2. The second-order valence-electron chi connectivity index (χ2n) is 3.11. The van der Waals surface area contributed by atoms with Crippen molar-refractivity contribution in [3.05, 3.63) is 30.3 Å². The highest BCUT2D eigenvalue weighted by Crippen LogP contribution is 2.13. The van der Waals surface area contributed by atoms with Crippen LogP contribution in [-0.2, 0) is 16.6 Å². The summed E-state index contributed by atoms with van der Waals surface area (Å²) in [6, 6.07) is 2.87. The van der Waals surface area contributed by atoms with Crippen LogP contribution in [0.3, 0.4) is 0 Å². The first-order valence-electron chi connectivity index (χ1n) is 4.40. The third-order valence-corrected chi connectivity index (χ3v) is 2.66. The molecule has 0 unspecified atom stereocenters. The molecule has 2 aromatic rings. The summed E-state index contributed by atoms with van der Waals surface area (Å²) in [6.45, 7) is 0.356. The number of H-pyrrole nitrogens is 1. The summed E-state index contributed by atoms with van der Waals surface area (Å²) in [5.41, 5.74) is 0.786. The summed E-state index contributed by atoms with van der Waals surface area (Å²) in [4.78, 5) is 0. The molecule has 7 nitrogen and oxygen atoms in total. The van der Waals surface area contributed by atoms with Crippen LogP contribution in [0.15, 0.2) is 34.0 Å². The molecule has 0 aliphatic carbocycles. The predicted molar refractivity (Wildman–Crippen MR) is 56.0 cm³/mol. The minimum Gasteiger partial charge on any atom is -0.446 e. The van der Waals surface area contributed by atoms with Gasteiger partial charge < -0.3 is 9.73 Å². The summed E-state index contributed by atoms with van der Waals surface area (Å²) in [6.07, 6.45) is 3.27. The van der Waals surface area contributed by atoms with Crippen molar-refractivity contribution >= 4 is 15.7 Å². The van der Waals surface area contributed by atoms with Crippen molar-refractivity contribution in [3.8, 4) is 0 Å². The zero-order chi connectivity index (χ0) is 11.6. The van der Waals surface area contributed by atoms with E-state index in [1.807, 2.05) is 0 Å². The van der Waals surface area contributed by atoms with Crippen LogP contribution in [0.25, 0.3) is 0 Å². The third kappa shape index (κ3) is 2.41. The Bertz CT molecular complexity index is 558. The van der Waals surface area contributed by atoms with Gasteiger partial charge >= 0.3 is 0 Å². The van der Waals surface area contributed by atoms with E-state index in [4.69, 9.17) is 9.56 Å².